The summed E-state index contributed by atoms with van der Waals surface area (Å²) in [6.07, 6.45) is 0.968. The second-order valence-electron chi connectivity index (χ2n) is 4.13. The van der Waals surface area contributed by atoms with E-state index in [1.807, 2.05) is 0 Å². The van der Waals surface area contributed by atoms with Gasteiger partial charge in [-0.2, -0.15) is 0 Å². The number of morpholine rings is 1. The molecule has 0 radical (unpaired) electrons. The highest BCUT2D eigenvalue weighted by Gasteiger charge is 2.33. The van der Waals surface area contributed by atoms with E-state index in [1.54, 1.807) is 4.90 Å². The molecule has 6 nitrogen and oxygen atoms in total. The lowest BCUT2D eigenvalue weighted by Gasteiger charge is -2.32. The van der Waals surface area contributed by atoms with Gasteiger partial charge in [0.2, 0.25) is 5.91 Å². The van der Waals surface area contributed by atoms with Crippen molar-refractivity contribution in [2.24, 2.45) is 0 Å². The lowest BCUT2D eigenvalue weighted by atomic mass is 10.2. The van der Waals surface area contributed by atoms with E-state index >= 15 is 0 Å². The number of aliphatic carboxylic acids is 1. The van der Waals surface area contributed by atoms with Crippen molar-refractivity contribution in [1.29, 1.82) is 0 Å². The standard InChI is InChI=1S/C10H16N2O4/c13-9(7-2-1-3-11-7)12-4-5-16-8(6-12)10(14)15/h7-8,11H,1-6H2,(H,14,15)/t7-,8?/m0/s1. The predicted octanol–water partition coefficient (Wildman–Crippen LogP) is -0.950. The first kappa shape index (κ1) is 11.3. The molecule has 0 spiro atoms. The van der Waals surface area contributed by atoms with Crippen LogP contribution in [-0.2, 0) is 14.3 Å². The first-order chi connectivity index (χ1) is 7.68. The molecule has 2 aliphatic heterocycles. The van der Waals surface area contributed by atoms with Crippen molar-refractivity contribution < 1.29 is 19.4 Å². The van der Waals surface area contributed by atoms with Gasteiger partial charge < -0.3 is 20.1 Å². The Bertz CT molecular complexity index is 289. The van der Waals surface area contributed by atoms with E-state index in [4.69, 9.17) is 9.84 Å². The summed E-state index contributed by atoms with van der Waals surface area (Å²) in [5.41, 5.74) is 0. The molecule has 6 heteroatoms. The fourth-order valence-corrected chi connectivity index (χ4v) is 2.11. The first-order valence-electron chi connectivity index (χ1n) is 5.55. The number of carbonyl (C=O) groups is 2. The molecule has 2 rings (SSSR count). The molecule has 2 N–H and O–H groups in total. The molecule has 1 unspecified atom stereocenters. The van der Waals surface area contributed by atoms with Crippen LogP contribution in [0, 0.1) is 0 Å². The largest absolute Gasteiger partial charge is 0.479 e. The molecule has 0 bridgehead atoms. The van der Waals surface area contributed by atoms with Crippen LogP contribution in [-0.4, -0.2) is 60.3 Å². The van der Waals surface area contributed by atoms with Gasteiger partial charge in [-0.25, -0.2) is 4.79 Å². The summed E-state index contributed by atoms with van der Waals surface area (Å²) >= 11 is 0. The molecule has 2 fully saturated rings. The number of hydrogen-bond acceptors (Lipinski definition) is 4. The number of carbonyl (C=O) groups excluding carboxylic acids is 1. The number of nitrogens with zero attached hydrogens (tertiary/aromatic N) is 1. The van der Waals surface area contributed by atoms with Crippen LogP contribution in [0.3, 0.4) is 0 Å². The summed E-state index contributed by atoms with van der Waals surface area (Å²) in [7, 11) is 0. The molecule has 1 amide bonds. The Balaban J connectivity index is 1.93. The molecule has 0 saturated carbocycles. The molecule has 2 aliphatic rings. The summed E-state index contributed by atoms with van der Waals surface area (Å²) in [5, 5.41) is 11.9. The van der Waals surface area contributed by atoms with Gasteiger partial charge in [-0.15, -0.1) is 0 Å². The van der Waals surface area contributed by atoms with Crippen LogP contribution in [0.5, 0.6) is 0 Å². The van der Waals surface area contributed by atoms with Gasteiger partial charge in [0.15, 0.2) is 6.10 Å². The zero-order valence-electron chi connectivity index (χ0n) is 9.02. The molecule has 90 valence electrons. The number of amides is 1. The highest BCUT2D eigenvalue weighted by atomic mass is 16.5. The Morgan fingerprint density at radius 1 is 1.44 bits per heavy atom. The quantitative estimate of drug-likeness (QED) is 0.637. The minimum Gasteiger partial charge on any atom is -0.479 e. The lowest BCUT2D eigenvalue weighted by Crippen LogP contribution is -2.53. The van der Waals surface area contributed by atoms with Crippen molar-refractivity contribution in [3.63, 3.8) is 0 Å². The molecule has 0 aromatic rings. The maximum Gasteiger partial charge on any atom is 0.334 e. The summed E-state index contributed by atoms with van der Waals surface area (Å²) in [4.78, 5) is 24.3. The zero-order chi connectivity index (χ0) is 11.5. The minimum atomic E-state index is -1.00. The molecule has 2 saturated heterocycles. The summed E-state index contributed by atoms with van der Waals surface area (Å²) in [6.45, 7) is 1.81. The summed E-state index contributed by atoms with van der Waals surface area (Å²) < 4.78 is 5.07. The molecular formula is C10H16N2O4. The van der Waals surface area contributed by atoms with Crippen molar-refractivity contribution in [1.82, 2.24) is 10.2 Å². The van der Waals surface area contributed by atoms with E-state index < -0.39 is 12.1 Å². The van der Waals surface area contributed by atoms with Crippen molar-refractivity contribution in [2.75, 3.05) is 26.2 Å². The van der Waals surface area contributed by atoms with Gasteiger partial charge in [0.1, 0.15) is 0 Å². The second kappa shape index (κ2) is 4.80. The molecule has 2 heterocycles. The fourth-order valence-electron chi connectivity index (χ4n) is 2.11. The van der Waals surface area contributed by atoms with Crippen molar-refractivity contribution in [3.05, 3.63) is 0 Å². The number of carboxylic acid groups (broad SMARTS) is 1. The maximum atomic E-state index is 12.0. The summed E-state index contributed by atoms with van der Waals surface area (Å²) in [5.74, 6) is -0.996. The molecule has 0 aromatic heterocycles. The highest BCUT2D eigenvalue weighted by Crippen LogP contribution is 2.12. The topological polar surface area (TPSA) is 78.9 Å². The monoisotopic (exact) mass is 228 g/mol. The molecule has 2 atom stereocenters. The predicted molar refractivity (Wildman–Crippen MR) is 55.0 cm³/mol. The van der Waals surface area contributed by atoms with E-state index in [9.17, 15) is 9.59 Å². The second-order valence-corrected chi connectivity index (χ2v) is 4.13. The van der Waals surface area contributed by atoms with Gasteiger partial charge in [-0.05, 0) is 19.4 Å². The average Bonchev–Trinajstić information content (AvgIpc) is 2.81. The highest BCUT2D eigenvalue weighted by molar-refractivity contribution is 5.83. The van der Waals surface area contributed by atoms with Gasteiger partial charge in [0.05, 0.1) is 19.2 Å². The number of hydrogen-bond donors (Lipinski definition) is 2. The van der Waals surface area contributed by atoms with Gasteiger partial charge in [0.25, 0.3) is 0 Å². The normalized spacial score (nSPS) is 30.4. The number of rotatable bonds is 2. The average molecular weight is 228 g/mol. The van der Waals surface area contributed by atoms with E-state index in [1.165, 1.54) is 0 Å². The Labute approximate surface area is 93.6 Å². The minimum absolute atomic E-state index is 0.00653. The van der Waals surface area contributed by atoms with Crippen LogP contribution in [0.25, 0.3) is 0 Å². The zero-order valence-corrected chi connectivity index (χ0v) is 9.02. The van der Waals surface area contributed by atoms with Crippen LogP contribution < -0.4 is 5.32 Å². The Morgan fingerprint density at radius 3 is 2.88 bits per heavy atom. The molecule has 0 aromatic carbocycles. The molecule has 0 aliphatic carbocycles. The number of nitrogens with one attached hydrogen (secondary N) is 1. The molecule has 16 heavy (non-hydrogen) atoms. The third-order valence-corrected chi connectivity index (χ3v) is 3.01. The SMILES string of the molecule is O=C(O)C1CN(C(=O)[C@@H]2CCCN2)CCO1. The third kappa shape index (κ3) is 2.33. The smallest absolute Gasteiger partial charge is 0.334 e. The van der Waals surface area contributed by atoms with Crippen molar-refractivity contribution in [3.8, 4) is 0 Å². The van der Waals surface area contributed by atoms with E-state index in [-0.39, 0.29) is 18.5 Å². The van der Waals surface area contributed by atoms with Crippen molar-refractivity contribution >= 4 is 11.9 Å². The fraction of sp³-hybridized carbons (Fsp3) is 0.800. The van der Waals surface area contributed by atoms with E-state index in [2.05, 4.69) is 5.32 Å². The third-order valence-electron chi connectivity index (χ3n) is 3.01. The summed E-state index contributed by atoms with van der Waals surface area (Å²) in [6, 6.07) is -0.132. The van der Waals surface area contributed by atoms with Gasteiger partial charge in [-0.1, -0.05) is 0 Å². The number of carboxylic acids is 1. The Hall–Kier alpha value is -1.14. The van der Waals surface area contributed by atoms with Crippen LogP contribution in [0.15, 0.2) is 0 Å². The van der Waals surface area contributed by atoms with E-state index in [0.29, 0.717) is 13.2 Å². The Kier molecular flexibility index (Phi) is 3.40. The first-order valence-corrected chi connectivity index (χ1v) is 5.55. The maximum absolute atomic E-state index is 12.0. The van der Waals surface area contributed by atoms with Crippen molar-refractivity contribution in [2.45, 2.75) is 25.0 Å². The van der Waals surface area contributed by atoms with Gasteiger partial charge in [0, 0.05) is 6.54 Å². The molecular weight excluding hydrogens is 212 g/mol. The van der Waals surface area contributed by atoms with Gasteiger partial charge >= 0.3 is 5.97 Å². The van der Waals surface area contributed by atoms with Crippen LogP contribution >= 0.6 is 0 Å². The van der Waals surface area contributed by atoms with Crippen LogP contribution in [0.1, 0.15) is 12.8 Å². The lowest BCUT2D eigenvalue weighted by molar-refractivity contribution is -0.159. The van der Waals surface area contributed by atoms with Crippen LogP contribution in [0.2, 0.25) is 0 Å². The Morgan fingerprint density at radius 2 is 2.25 bits per heavy atom. The van der Waals surface area contributed by atoms with Gasteiger partial charge in [-0.3, -0.25) is 4.79 Å². The van der Waals surface area contributed by atoms with E-state index in [0.717, 1.165) is 19.4 Å². The number of ether oxygens (including phenoxy) is 1. The van der Waals surface area contributed by atoms with Crippen LogP contribution in [0.4, 0.5) is 0 Å².